The number of fused-ring (bicyclic) bond motifs is 2. The SMILES string of the molecule is O=S(=O)(N[C@H]1C[C@H]2CC[C@@H]1C2)c1ncc[nH]1. The molecule has 0 unspecified atom stereocenters. The van der Waals surface area contributed by atoms with E-state index in [1.807, 2.05) is 0 Å². The Hall–Kier alpha value is -0.880. The molecule has 0 aliphatic heterocycles. The Bertz CT molecular complexity index is 468. The predicted octanol–water partition coefficient (Wildman–Crippen LogP) is 0.877. The predicted molar refractivity (Wildman–Crippen MR) is 58.1 cm³/mol. The standard InChI is InChI=1S/C10H15N3O2S/c14-16(15,10-11-3-4-12-10)13-9-6-7-1-2-8(9)5-7/h3-4,7-9,13H,1-2,5-6H2,(H,11,12)/t7-,8+,9-/m0/s1. The van der Waals surface area contributed by atoms with Crippen LogP contribution in [0.3, 0.4) is 0 Å². The number of hydrogen-bond donors (Lipinski definition) is 2. The Morgan fingerprint density at radius 1 is 1.38 bits per heavy atom. The second-order valence-electron chi connectivity index (χ2n) is 4.80. The average Bonchev–Trinajstić information content (AvgIpc) is 2.94. The molecule has 1 aromatic heterocycles. The zero-order valence-electron chi connectivity index (χ0n) is 8.89. The smallest absolute Gasteiger partial charge is 0.274 e. The molecule has 16 heavy (non-hydrogen) atoms. The van der Waals surface area contributed by atoms with Crippen molar-refractivity contribution in [3.63, 3.8) is 0 Å². The number of rotatable bonds is 3. The Morgan fingerprint density at radius 3 is 2.81 bits per heavy atom. The summed E-state index contributed by atoms with van der Waals surface area (Å²) >= 11 is 0. The summed E-state index contributed by atoms with van der Waals surface area (Å²) in [4.78, 5) is 6.42. The van der Waals surface area contributed by atoms with Crippen LogP contribution >= 0.6 is 0 Å². The number of hydrogen-bond acceptors (Lipinski definition) is 3. The van der Waals surface area contributed by atoms with Gasteiger partial charge in [-0.25, -0.2) is 18.1 Å². The van der Waals surface area contributed by atoms with Gasteiger partial charge < -0.3 is 4.98 Å². The maximum atomic E-state index is 11.9. The van der Waals surface area contributed by atoms with Crippen LogP contribution in [0.5, 0.6) is 0 Å². The van der Waals surface area contributed by atoms with Gasteiger partial charge in [0.25, 0.3) is 10.0 Å². The molecule has 5 nitrogen and oxygen atoms in total. The van der Waals surface area contributed by atoms with E-state index in [9.17, 15) is 8.42 Å². The number of aromatic amines is 1. The molecule has 2 aliphatic rings. The number of aromatic nitrogens is 2. The number of imidazole rings is 1. The fourth-order valence-corrected chi connectivity index (χ4v) is 4.26. The zero-order valence-corrected chi connectivity index (χ0v) is 9.70. The van der Waals surface area contributed by atoms with Crippen LogP contribution < -0.4 is 4.72 Å². The Labute approximate surface area is 94.7 Å². The summed E-state index contributed by atoms with van der Waals surface area (Å²) in [5.74, 6) is 1.27. The molecule has 2 fully saturated rings. The van der Waals surface area contributed by atoms with E-state index >= 15 is 0 Å². The number of H-pyrrole nitrogens is 1. The quantitative estimate of drug-likeness (QED) is 0.824. The summed E-state index contributed by atoms with van der Waals surface area (Å²) < 4.78 is 26.6. The molecule has 2 N–H and O–H groups in total. The van der Waals surface area contributed by atoms with Crippen molar-refractivity contribution < 1.29 is 8.42 Å². The van der Waals surface area contributed by atoms with Gasteiger partial charge in [-0.05, 0) is 31.1 Å². The Morgan fingerprint density at radius 2 is 2.25 bits per heavy atom. The van der Waals surface area contributed by atoms with Gasteiger partial charge in [0.15, 0.2) is 0 Å². The van der Waals surface area contributed by atoms with Gasteiger partial charge in [0.05, 0.1) is 0 Å². The molecule has 1 aromatic rings. The van der Waals surface area contributed by atoms with Crippen molar-refractivity contribution in [1.82, 2.24) is 14.7 Å². The van der Waals surface area contributed by atoms with Gasteiger partial charge in [0, 0.05) is 18.4 Å². The molecule has 0 radical (unpaired) electrons. The maximum Gasteiger partial charge on any atom is 0.274 e. The summed E-state index contributed by atoms with van der Waals surface area (Å²) in [5, 5.41) is 0.0234. The lowest BCUT2D eigenvalue weighted by atomic mass is 9.96. The summed E-state index contributed by atoms with van der Waals surface area (Å²) in [5.41, 5.74) is 0. The van der Waals surface area contributed by atoms with E-state index in [-0.39, 0.29) is 11.2 Å². The van der Waals surface area contributed by atoms with Crippen molar-refractivity contribution in [2.24, 2.45) is 11.8 Å². The molecule has 0 spiro atoms. The van der Waals surface area contributed by atoms with Crippen LogP contribution in [-0.4, -0.2) is 24.4 Å². The minimum Gasteiger partial charge on any atom is -0.334 e. The van der Waals surface area contributed by atoms with Gasteiger partial charge in [-0.3, -0.25) is 0 Å². The average molecular weight is 241 g/mol. The summed E-state index contributed by atoms with van der Waals surface area (Å²) in [6.07, 6.45) is 7.58. The molecule has 0 aromatic carbocycles. The molecule has 1 heterocycles. The third-order valence-corrected chi connectivity index (χ3v) is 5.12. The molecule has 2 saturated carbocycles. The van der Waals surface area contributed by atoms with Crippen LogP contribution in [0.25, 0.3) is 0 Å². The minimum absolute atomic E-state index is 0.0234. The molecule has 2 bridgehead atoms. The van der Waals surface area contributed by atoms with Gasteiger partial charge in [-0.2, -0.15) is 0 Å². The first-order chi connectivity index (χ1) is 7.65. The maximum absolute atomic E-state index is 11.9. The third kappa shape index (κ3) is 1.66. The van der Waals surface area contributed by atoms with Crippen LogP contribution in [0.2, 0.25) is 0 Å². The number of sulfonamides is 1. The van der Waals surface area contributed by atoms with Crippen molar-refractivity contribution in [3.05, 3.63) is 12.4 Å². The lowest BCUT2D eigenvalue weighted by Crippen LogP contribution is -2.38. The van der Waals surface area contributed by atoms with Gasteiger partial charge in [-0.1, -0.05) is 6.42 Å². The normalized spacial score (nSPS) is 33.4. The lowest BCUT2D eigenvalue weighted by molar-refractivity contribution is 0.389. The van der Waals surface area contributed by atoms with Crippen LogP contribution in [0.15, 0.2) is 17.6 Å². The van der Waals surface area contributed by atoms with E-state index < -0.39 is 10.0 Å². The van der Waals surface area contributed by atoms with Crippen molar-refractivity contribution >= 4 is 10.0 Å². The largest absolute Gasteiger partial charge is 0.334 e. The van der Waals surface area contributed by atoms with E-state index in [4.69, 9.17) is 0 Å². The second-order valence-corrected chi connectivity index (χ2v) is 6.43. The molecule has 88 valence electrons. The van der Waals surface area contributed by atoms with Crippen LogP contribution in [0, 0.1) is 11.8 Å². The monoisotopic (exact) mass is 241 g/mol. The number of nitrogens with zero attached hydrogens (tertiary/aromatic N) is 1. The minimum atomic E-state index is -3.44. The summed E-state index contributed by atoms with van der Waals surface area (Å²) in [6, 6.07) is 0.119. The van der Waals surface area contributed by atoms with Crippen molar-refractivity contribution in [1.29, 1.82) is 0 Å². The van der Waals surface area contributed by atoms with E-state index in [0.717, 1.165) is 18.8 Å². The van der Waals surface area contributed by atoms with Gasteiger partial charge in [0.2, 0.25) is 5.16 Å². The summed E-state index contributed by atoms with van der Waals surface area (Å²) in [7, 11) is -3.44. The van der Waals surface area contributed by atoms with Gasteiger partial charge >= 0.3 is 0 Å². The van der Waals surface area contributed by atoms with Crippen molar-refractivity contribution in [2.45, 2.75) is 36.9 Å². The van der Waals surface area contributed by atoms with Crippen LogP contribution in [0.1, 0.15) is 25.7 Å². The lowest BCUT2D eigenvalue weighted by Gasteiger charge is -2.21. The molecule has 3 atom stereocenters. The topological polar surface area (TPSA) is 74.8 Å². The Balaban J connectivity index is 1.76. The third-order valence-electron chi connectivity index (χ3n) is 3.77. The van der Waals surface area contributed by atoms with E-state index in [2.05, 4.69) is 14.7 Å². The number of nitrogens with one attached hydrogen (secondary N) is 2. The van der Waals surface area contributed by atoms with Gasteiger partial charge in [0.1, 0.15) is 0 Å². The van der Waals surface area contributed by atoms with E-state index in [1.165, 1.54) is 25.2 Å². The zero-order chi connectivity index (χ0) is 11.2. The molecule has 0 saturated heterocycles. The van der Waals surface area contributed by atoms with Crippen LogP contribution in [-0.2, 0) is 10.0 Å². The molecular formula is C10H15N3O2S. The fraction of sp³-hybridized carbons (Fsp3) is 0.700. The first kappa shape index (κ1) is 10.3. The first-order valence-electron chi connectivity index (χ1n) is 5.67. The molecule has 6 heteroatoms. The summed E-state index contributed by atoms with van der Waals surface area (Å²) in [6.45, 7) is 0. The second kappa shape index (κ2) is 3.56. The van der Waals surface area contributed by atoms with E-state index in [1.54, 1.807) is 0 Å². The fourth-order valence-electron chi connectivity index (χ4n) is 3.04. The first-order valence-corrected chi connectivity index (χ1v) is 7.15. The highest BCUT2D eigenvalue weighted by molar-refractivity contribution is 7.89. The van der Waals surface area contributed by atoms with Crippen molar-refractivity contribution in [2.75, 3.05) is 0 Å². The van der Waals surface area contributed by atoms with Crippen LogP contribution in [0.4, 0.5) is 0 Å². The molecular weight excluding hydrogens is 226 g/mol. The van der Waals surface area contributed by atoms with Gasteiger partial charge in [-0.15, -0.1) is 0 Å². The highest BCUT2D eigenvalue weighted by atomic mass is 32.2. The van der Waals surface area contributed by atoms with Crippen molar-refractivity contribution in [3.8, 4) is 0 Å². The molecule has 2 aliphatic carbocycles. The molecule has 3 rings (SSSR count). The van der Waals surface area contributed by atoms with E-state index in [0.29, 0.717) is 5.92 Å². The highest BCUT2D eigenvalue weighted by Crippen LogP contribution is 2.44. The Kier molecular flexibility index (Phi) is 2.29. The highest BCUT2D eigenvalue weighted by Gasteiger charge is 2.41. The molecule has 0 amide bonds.